The fourth-order valence-corrected chi connectivity index (χ4v) is 4.25. The van der Waals surface area contributed by atoms with Gasteiger partial charge in [-0.15, -0.1) is 0 Å². The van der Waals surface area contributed by atoms with Crippen molar-refractivity contribution in [3.63, 3.8) is 0 Å². The molecule has 2 fully saturated rings. The van der Waals surface area contributed by atoms with E-state index < -0.39 is 0 Å². The van der Waals surface area contributed by atoms with Crippen molar-refractivity contribution >= 4 is 11.6 Å². The number of anilines is 1. The molecular formula is C23H29N3O2. The van der Waals surface area contributed by atoms with Gasteiger partial charge in [-0.3, -0.25) is 4.79 Å². The van der Waals surface area contributed by atoms with Crippen molar-refractivity contribution in [2.75, 3.05) is 51.8 Å². The second-order valence-corrected chi connectivity index (χ2v) is 7.77. The molecule has 2 aliphatic heterocycles. The Kier molecular flexibility index (Phi) is 5.53. The first kappa shape index (κ1) is 18.8. The van der Waals surface area contributed by atoms with Crippen LogP contribution in [0.4, 0.5) is 5.69 Å². The lowest BCUT2D eigenvalue weighted by molar-refractivity contribution is 0.0735. The molecule has 0 N–H and O–H groups in total. The summed E-state index contributed by atoms with van der Waals surface area (Å²) in [7, 11) is 3.84. The average molecular weight is 380 g/mol. The first-order valence-electron chi connectivity index (χ1n) is 10.1. The molecule has 2 heterocycles. The molecule has 148 valence electrons. The number of benzene rings is 2. The van der Waals surface area contributed by atoms with Gasteiger partial charge in [-0.2, -0.15) is 0 Å². The zero-order valence-corrected chi connectivity index (χ0v) is 16.8. The Hall–Kier alpha value is -2.53. The molecular weight excluding hydrogens is 350 g/mol. The van der Waals surface area contributed by atoms with Gasteiger partial charge in [-0.1, -0.05) is 12.1 Å². The summed E-state index contributed by atoms with van der Waals surface area (Å²) in [4.78, 5) is 19.9. The van der Waals surface area contributed by atoms with Gasteiger partial charge in [0.25, 0.3) is 5.91 Å². The number of amides is 1. The Balaban J connectivity index is 1.48. The number of nitrogens with zero attached hydrogens (tertiary/aromatic N) is 3. The van der Waals surface area contributed by atoms with Crippen LogP contribution in [0.3, 0.4) is 0 Å². The van der Waals surface area contributed by atoms with Crippen molar-refractivity contribution in [1.82, 2.24) is 9.80 Å². The van der Waals surface area contributed by atoms with Gasteiger partial charge in [0.05, 0.1) is 13.2 Å². The van der Waals surface area contributed by atoms with Gasteiger partial charge in [-0.05, 0) is 61.9 Å². The highest BCUT2D eigenvalue weighted by Crippen LogP contribution is 2.34. The molecule has 0 aromatic heterocycles. The minimum absolute atomic E-state index is 0.121. The van der Waals surface area contributed by atoms with Crippen LogP contribution in [0.15, 0.2) is 48.5 Å². The van der Waals surface area contributed by atoms with E-state index >= 15 is 0 Å². The molecule has 0 unspecified atom stereocenters. The fraction of sp³-hybridized carbons (Fsp3) is 0.435. The van der Waals surface area contributed by atoms with E-state index in [1.165, 1.54) is 5.69 Å². The molecule has 2 saturated heterocycles. The number of carbonyl (C=O) groups is 1. The molecule has 5 nitrogen and oxygen atoms in total. The molecule has 0 bridgehead atoms. The highest BCUT2D eigenvalue weighted by Gasteiger charge is 2.30. The quantitative estimate of drug-likeness (QED) is 0.816. The number of hydrogen-bond donors (Lipinski definition) is 0. The second-order valence-electron chi connectivity index (χ2n) is 7.77. The van der Waals surface area contributed by atoms with E-state index in [4.69, 9.17) is 4.74 Å². The first-order valence-corrected chi connectivity index (χ1v) is 10.1. The zero-order chi connectivity index (χ0) is 19.5. The molecule has 0 saturated carbocycles. The Morgan fingerprint density at radius 1 is 1.00 bits per heavy atom. The molecule has 2 aromatic rings. The van der Waals surface area contributed by atoms with Gasteiger partial charge >= 0.3 is 0 Å². The molecule has 1 atom stereocenters. The van der Waals surface area contributed by atoms with E-state index in [1.54, 1.807) is 7.11 Å². The topological polar surface area (TPSA) is 36.0 Å². The molecule has 28 heavy (non-hydrogen) atoms. The van der Waals surface area contributed by atoms with Crippen LogP contribution in [-0.4, -0.2) is 62.6 Å². The van der Waals surface area contributed by atoms with Crippen molar-refractivity contribution < 1.29 is 9.53 Å². The van der Waals surface area contributed by atoms with Crippen LogP contribution in [0, 0.1) is 0 Å². The third-order valence-electron chi connectivity index (χ3n) is 5.97. The first-order chi connectivity index (χ1) is 13.7. The molecule has 2 aliphatic rings. The predicted molar refractivity (Wildman–Crippen MR) is 112 cm³/mol. The Morgan fingerprint density at radius 2 is 1.75 bits per heavy atom. The van der Waals surface area contributed by atoms with E-state index in [0.29, 0.717) is 0 Å². The molecule has 2 aromatic carbocycles. The molecule has 1 amide bonds. The average Bonchev–Trinajstić information content (AvgIpc) is 3.24. The SMILES string of the molecule is COc1cccc([C@H]2CCCN2C(=O)c2ccc(N3CCN(C)CC3)cc2)c1. The predicted octanol–water partition coefficient (Wildman–Crippen LogP) is 3.42. The highest BCUT2D eigenvalue weighted by atomic mass is 16.5. The zero-order valence-electron chi connectivity index (χ0n) is 16.8. The lowest BCUT2D eigenvalue weighted by Gasteiger charge is -2.34. The number of likely N-dealkylation sites (N-methyl/N-ethyl adjacent to an activating group) is 1. The number of piperazine rings is 1. The summed E-state index contributed by atoms with van der Waals surface area (Å²) in [6, 6.07) is 16.4. The maximum Gasteiger partial charge on any atom is 0.254 e. The van der Waals surface area contributed by atoms with Crippen molar-refractivity contribution in [2.24, 2.45) is 0 Å². The van der Waals surface area contributed by atoms with Crippen LogP contribution in [0.2, 0.25) is 0 Å². The largest absolute Gasteiger partial charge is 0.497 e. The highest BCUT2D eigenvalue weighted by molar-refractivity contribution is 5.95. The fourth-order valence-electron chi connectivity index (χ4n) is 4.25. The van der Waals surface area contributed by atoms with Gasteiger partial charge in [0.2, 0.25) is 0 Å². The van der Waals surface area contributed by atoms with Gasteiger partial charge in [0.1, 0.15) is 5.75 Å². The van der Waals surface area contributed by atoms with Crippen LogP contribution in [0.5, 0.6) is 5.75 Å². The summed E-state index contributed by atoms with van der Waals surface area (Å²) in [6.45, 7) is 5.04. The van der Waals surface area contributed by atoms with Crippen LogP contribution in [0.1, 0.15) is 34.8 Å². The summed E-state index contributed by atoms with van der Waals surface area (Å²) in [6.07, 6.45) is 2.03. The standard InChI is InChI=1S/C23H29N3O2/c1-24-13-15-25(16-14-24)20-10-8-18(9-11-20)23(27)26-12-4-7-22(26)19-5-3-6-21(17-19)28-2/h3,5-6,8-11,17,22H,4,7,12-16H2,1-2H3/t22-/m1/s1. The lowest BCUT2D eigenvalue weighted by atomic mass is 10.0. The normalized spacial score (nSPS) is 20.4. The minimum Gasteiger partial charge on any atom is -0.497 e. The number of ether oxygens (including phenoxy) is 1. The van der Waals surface area contributed by atoms with Gasteiger partial charge in [0, 0.05) is 44.0 Å². The van der Waals surface area contributed by atoms with Gasteiger partial charge in [0.15, 0.2) is 0 Å². The van der Waals surface area contributed by atoms with Crippen LogP contribution in [-0.2, 0) is 0 Å². The summed E-state index contributed by atoms with van der Waals surface area (Å²) < 4.78 is 5.36. The van der Waals surface area contributed by atoms with Crippen molar-refractivity contribution in [1.29, 1.82) is 0 Å². The van der Waals surface area contributed by atoms with E-state index in [0.717, 1.165) is 62.4 Å². The van der Waals surface area contributed by atoms with Gasteiger partial charge in [-0.25, -0.2) is 0 Å². The number of rotatable bonds is 4. The molecule has 0 aliphatic carbocycles. The monoisotopic (exact) mass is 379 g/mol. The lowest BCUT2D eigenvalue weighted by Crippen LogP contribution is -2.44. The number of methoxy groups -OCH3 is 1. The number of carbonyl (C=O) groups excluding carboxylic acids is 1. The van der Waals surface area contributed by atoms with Crippen molar-refractivity contribution in [3.8, 4) is 5.75 Å². The third kappa shape index (κ3) is 3.85. The molecule has 4 rings (SSSR count). The van der Waals surface area contributed by atoms with E-state index in [2.05, 4.69) is 35.0 Å². The van der Waals surface area contributed by atoms with Crippen molar-refractivity contribution in [2.45, 2.75) is 18.9 Å². The summed E-state index contributed by atoms with van der Waals surface area (Å²) >= 11 is 0. The van der Waals surface area contributed by atoms with Crippen molar-refractivity contribution in [3.05, 3.63) is 59.7 Å². The maximum absolute atomic E-state index is 13.2. The Morgan fingerprint density at radius 3 is 2.46 bits per heavy atom. The van der Waals surface area contributed by atoms with Gasteiger partial charge < -0.3 is 19.4 Å². The second kappa shape index (κ2) is 8.23. The van der Waals surface area contributed by atoms with E-state index in [1.807, 2.05) is 35.2 Å². The maximum atomic E-state index is 13.2. The van der Waals surface area contributed by atoms with Crippen LogP contribution in [0.25, 0.3) is 0 Å². The summed E-state index contributed by atoms with van der Waals surface area (Å²) in [5, 5.41) is 0. The van der Waals surface area contributed by atoms with E-state index in [-0.39, 0.29) is 11.9 Å². The van der Waals surface area contributed by atoms with Crippen LogP contribution < -0.4 is 9.64 Å². The number of likely N-dealkylation sites (tertiary alicyclic amines) is 1. The minimum atomic E-state index is 0.121. The molecule has 5 heteroatoms. The summed E-state index contributed by atoms with van der Waals surface area (Å²) in [5.41, 5.74) is 3.13. The molecule has 0 spiro atoms. The van der Waals surface area contributed by atoms with E-state index in [9.17, 15) is 4.79 Å². The summed E-state index contributed by atoms with van der Waals surface area (Å²) in [5.74, 6) is 0.962. The number of hydrogen-bond acceptors (Lipinski definition) is 4. The Bertz CT molecular complexity index is 813. The van der Waals surface area contributed by atoms with Crippen LogP contribution >= 0.6 is 0 Å². The Labute approximate surface area is 167 Å². The molecule has 0 radical (unpaired) electrons. The smallest absolute Gasteiger partial charge is 0.254 e. The third-order valence-corrected chi connectivity index (χ3v) is 5.97.